The van der Waals surface area contributed by atoms with E-state index in [0.29, 0.717) is 11.3 Å². The van der Waals surface area contributed by atoms with Crippen LogP contribution in [0.25, 0.3) is 11.3 Å². The van der Waals surface area contributed by atoms with E-state index in [1.165, 1.54) is 30.7 Å². The van der Waals surface area contributed by atoms with Crippen molar-refractivity contribution in [2.45, 2.75) is 6.18 Å². The van der Waals surface area contributed by atoms with Crippen LogP contribution in [-0.2, 0) is 0 Å². The van der Waals surface area contributed by atoms with Gasteiger partial charge in [0.1, 0.15) is 5.15 Å². The number of aromatic nitrogens is 3. The van der Waals surface area contributed by atoms with Gasteiger partial charge in [-0.15, -0.1) is 0 Å². The highest BCUT2D eigenvalue weighted by Crippen LogP contribution is 2.20. The van der Waals surface area contributed by atoms with Crippen LogP contribution in [0.5, 0.6) is 5.88 Å². The van der Waals surface area contributed by atoms with Crippen LogP contribution in [0.3, 0.4) is 0 Å². The van der Waals surface area contributed by atoms with Gasteiger partial charge in [-0.05, 0) is 6.07 Å². The van der Waals surface area contributed by atoms with Crippen molar-refractivity contribution in [1.82, 2.24) is 15.0 Å². The van der Waals surface area contributed by atoms with Crippen molar-refractivity contribution in [2.75, 3.05) is 6.61 Å². The first-order chi connectivity index (χ1) is 8.94. The zero-order chi connectivity index (χ0) is 13.9. The van der Waals surface area contributed by atoms with Crippen LogP contribution in [0.1, 0.15) is 0 Å². The van der Waals surface area contributed by atoms with E-state index in [9.17, 15) is 13.2 Å². The molecule has 19 heavy (non-hydrogen) atoms. The van der Waals surface area contributed by atoms with Crippen LogP contribution < -0.4 is 4.74 Å². The summed E-state index contributed by atoms with van der Waals surface area (Å²) in [6, 6.07) is 2.87. The largest absolute Gasteiger partial charge is 0.468 e. The van der Waals surface area contributed by atoms with Gasteiger partial charge in [0.2, 0.25) is 5.88 Å². The van der Waals surface area contributed by atoms with Crippen LogP contribution in [0.2, 0.25) is 5.15 Å². The molecule has 100 valence electrons. The third-order valence-corrected chi connectivity index (χ3v) is 2.23. The Balaban J connectivity index is 2.08. The van der Waals surface area contributed by atoms with Gasteiger partial charge in [0.05, 0.1) is 18.1 Å². The van der Waals surface area contributed by atoms with E-state index in [4.69, 9.17) is 11.6 Å². The molecular formula is C11H7ClF3N3O. The topological polar surface area (TPSA) is 47.9 Å². The minimum absolute atomic E-state index is 0.108. The molecular weight excluding hydrogens is 283 g/mol. The summed E-state index contributed by atoms with van der Waals surface area (Å²) in [4.78, 5) is 11.6. The van der Waals surface area contributed by atoms with Crippen LogP contribution in [0.15, 0.2) is 30.7 Å². The fourth-order valence-electron chi connectivity index (χ4n) is 1.23. The predicted molar refractivity (Wildman–Crippen MR) is 61.8 cm³/mol. The van der Waals surface area contributed by atoms with Gasteiger partial charge in [-0.25, -0.2) is 9.97 Å². The molecule has 2 rings (SSSR count). The molecule has 0 unspecified atom stereocenters. The Labute approximate surface area is 111 Å². The van der Waals surface area contributed by atoms with E-state index in [2.05, 4.69) is 19.7 Å². The molecule has 0 atom stereocenters. The Hall–Kier alpha value is -1.89. The molecule has 4 nitrogen and oxygen atoms in total. The third kappa shape index (κ3) is 4.06. The number of pyridine rings is 1. The Morgan fingerprint density at radius 3 is 2.37 bits per heavy atom. The SMILES string of the molecule is FC(F)(F)COc1ccc(-c2cnc(Cl)cn2)cn1. The minimum atomic E-state index is -4.39. The first-order valence-corrected chi connectivity index (χ1v) is 5.45. The van der Waals surface area contributed by atoms with Crippen molar-refractivity contribution >= 4 is 11.6 Å². The molecule has 8 heteroatoms. The molecule has 0 aromatic carbocycles. The number of hydrogen-bond donors (Lipinski definition) is 0. The summed E-state index contributed by atoms with van der Waals surface area (Å²) in [5.41, 5.74) is 1.11. The van der Waals surface area contributed by atoms with Crippen molar-refractivity contribution < 1.29 is 17.9 Å². The van der Waals surface area contributed by atoms with Gasteiger partial charge in [-0.1, -0.05) is 11.6 Å². The smallest absolute Gasteiger partial charge is 0.422 e. The molecule has 0 fully saturated rings. The number of alkyl halides is 3. The lowest BCUT2D eigenvalue weighted by Gasteiger charge is -2.08. The van der Waals surface area contributed by atoms with E-state index in [-0.39, 0.29) is 11.0 Å². The number of halogens is 4. The maximum Gasteiger partial charge on any atom is 0.422 e. The van der Waals surface area contributed by atoms with Gasteiger partial charge < -0.3 is 4.74 Å². The molecule has 0 aliphatic heterocycles. The lowest BCUT2D eigenvalue weighted by atomic mass is 10.2. The van der Waals surface area contributed by atoms with Crippen LogP contribution in [0.4, 0.5) is 13.2 Å². The van der Waals surface area contributed by atoms with E-state index >= 15 is 0 Å². The molecule has 0 amide bonds. The maximum atomic E-state index is 11.9. The molecule has 0 radical (unpaired) electrons. The van der Waals surface area contributed by atoms with E-state index in [1.54, 1.807) is 0 Å². The monoisotopic (exact) mass is 289 g/mol. The van der Waals surface area contributed by atoms with Crippen molar-refractivity contribution in [1.29, 1.82) is 0 Å². The second-order valence-electron chi connectivity index (χ2n) is 3.51. The summed E-state index contributed by atoms with van der Waals surface area (Å²) in [6.45, 7) is -1.37. The second kappa shape index (κ2) is 5.40. The van der Waals surface area contributed by atoms with E-state index < -0.39 is 12.8 Å². The first kappa shape index (κ1) is 13.5. The lowest BCUT2D eigenvalue weighted by Crippen LogP contribution is -2.19. The second-order valence-corrected chi connectivity index (χ2v) is 3.90. The van der Waals surface area contributed by atoms with Crippen molar-refractivity contribution in [2.24, 2.45) is 0 Å². The summed E-state index contributed by atoms with van der Waals surface area (Å²) in [5, 5.41) is 0.252. The normalized spacial score (nSPS) is 11.4. The Morgan fingerprint density at radius 2 is 1.84 bits per heavy atom. The zero-order valence-electron chi connectivity index (χ0n) is 9.36. The maximum absolute atomic E-state index is 11.9. The first-order valence-electron chi connectivity index (χ1n) is 5.07. The van der Waals surface area contributed by atoms with E-state index in [0.717, 1.165) is 0 Å². The van der Waals surface area contributed by atoms with Crippen LogP contribution in [-0.4, -0.2) is 27.7 Å². The summed E-state index contributed by atoms with van der Waals surface area (Å²) < 4.78 is 40.3. The molecule has 0 spiro atoms. The van der Waals surface area contributed by atoms with Gasteiger partial charge in [-0.2, -0.15) is 13.2 Å². The zero-order valence-corrected chi connectivity index (χ0v) is 10.1. The molecule has 2 heterocycles. The Morgan fingerprint density at radius 1 is 1.05 bits per heavy atom. The molecule has 0 bridgehead atoms. The summed E-state index contributed by atoms with van der Waals surface area (Å²) in [5.74, 6) is -0.108. The molecule has 0 aliphatic rings. The highest BCUT2D eigenvalue weighted by atomic mass is 35.5. The molecule has 0 aliphatic carbocycles. The van der Waals surface area contributed by atoms with Gasteiger partial charge in [0.15, 0.2) is 6.61 Å². The highest BCUT2D eigenvalue weighted by Gasteiger charge is 2.28. The number of rotatable bonds is 3. The lowest BCUT2D eigenvalue weighted by molar-refractivity contribution is -0.154. The molecule has 0 saturated carbocycles. The number of ether oxygens (including phenoxy) is 1. The summed E-state index contributed by atoms with van der Waals surface area (Å²) >= 11 is 5.59. The van der Waals surface area contributed by atoms with Crippen LogP contribution >= 0.6 is 11.6 Å². The standard InChI is InChI=1S/C11H7ClF3N3O/c12-9-5-16-8(4-17-9)7-1-2-10(18-3-7)19-6-11(13,14)15/h1-5H,6H2. The predicted octanol–water partition coefficient (Wildman–Crippen LogP) is 3.13. The average Bonchev–Trinajstić information content (AvgIpc) is 2.37. The number of nitrogens with zero attached hydrogens (tertiary/aromatic N) is 3. The fourth-order valence-corrected chi connectivity index (χ4v) is 1.33. The van der Waals surface area contributed by atoms with Crippen molar-refractivity contribution in [3.8, 4) is 17.1 Å². The third-order valence-electron chi connectivity index (χ3n) is 2.04. The Kier molecular flexibility index (Phi) is 3.84. The summed E-state index contributed by atoms with van der Waals surface area (Å²) in [7, 11) is 0. The van der Waals surface area contributed by atoms with Gasteiger partial charge in [-0.3, -0.25) is 4.98 Å². The van der Waals surface area contributed by atoms with Crippen molar-refractivity contribution in [3.05, 3.63) is 35.9 Å². The van der Waals surface area contributed by atoms with Gasteiger partial charge in [0.25, 0.3) is 0 Å². The quantitative estimate of drug-likeness (QED) is 0.871. The van der Waals surface area contributed by atoms with Crippen LogP contribution in [0, 0.1) is 0 Å². The molecule has 0 saturated heterocycles. The molecule has 2 aromatic heterocycles. The summed E-state index contributed by atoms with van der Waals surface area (Å²) in [6.07, 6.45) is -0.230. The van der Waals surface area contributed by atoms with Gasteiger partial charge in [0, 0.05) is 17.8 Å². The molecule has 0 N–H and O–H groups in total. The average molecular weight is 290 g/mol. The molecule has 2 aromatic rings. The number of hydrogen-bond acceptors (Lipinski definition) is 4. The van der Waals surface area contributed by atoms with Crippen molar-refractivity contribution in [3.63, 3.8) is 0 Å². The minimum Gasteiger partial charge on any atom is -0.468 e. The Bertz CT molecular complexity index is 543. The fraction of sp³-hybridized carbons (Fsp3) is 0.182. The van der Waals surface area contributed by atoms with Gasteiger partial charge >= 0.3 is 6.18 Å². The highest BCUT2D eigenvalue weighted by molar-refractivity contribution is 6.29. The van der Waals surface area contributed by atoms with E-state index in [1.807, 2.05) is 0 Å².